The third-order valence-electron chi connectivity index (χ3n) is 10.5. The second-order valence-corrected chi connectivity index (χ2v) is 14.9. The molecule has 4 aromatic rings. The van der Waals surface area contributed by atoms with Crippen LogP contribution in [0.4, 0.5) is 18.4 Å². The Morgan fingerprint density at radius 2 is 1.36 bits per heavy atom. The lowest BCUT2D eigenvalue weighted by Crippen LogP contribution is -2.52. The van der Waals surface area contributed by atoms with Crippen LogP contribution in [0, 0.1) is 11.8 Å². The van der Waals surface area contributed by atoms with Crippen LogP contribution < -0.4 is 10.7 Å². The molecular formula is C40H48F2N8O6. The summed E-state index contributed by atoms with van der Waals surface area (Å²) in [7, 11) is 2.43. The maximum atomic E-state index is 14.8. The van der Waals surface area contributed by atoms with Gasteiger partial charge in [0.15, 0.2) is 0 Å². The SMILES string of the molecule is COC(=O)N[C@H](C(=O)N1CCC[C@H]1c1ncc(-c2ccc(-c3ccc(-c4cnc([C@H]5CC(F)(F)C[C@H]5C(=O)N(NC(=O)OC)C(C)C)[nH]4)cc3)cc2)[nH]1)C(C)C. The molecule has 0 unspecified atom stereocenters. The van der Waals surface area contributed by atoms with Gasteiger partial charge in [-0.2, -0.15) is 0 Å². The summed E-state index contributed by atoms with van der Waals surface area (Å²) in [6.45, 7) is 7.66. The Labute approximate surface area is 323 Å². The third-order valence-corrected chi connectivity index (χ3v) is 10.5. The summed E-state index contributed by atoms with van der Waals surface area (Å²) in [6.07, 6.45) is 2.18. The molecule has 4 atom stereocenters. The quantitative estimate of drug-likeness (QED) is 0.127. The Balaban J connectivity index is 1.13. The minimum absolute atomic E-state index is 0.129. The number of aromatic nitrogens is 4. The highest BCUT2D eigenvalue weighted by Gasteiger charge is 2.52. The average Bonchev–Trinajstić information content (AvgIpc) is 4.01. The lowest BCUT2D eigenvalue weighted by molar-refractivity contribution is -0.141. The van der Waals surface area contributed by atoms with Gasteiger partial charge in [0.05, 0.1) is 50.0 Å². The largest absolute Gasteiger partial charge is 0.453 e. The summed E-state index contributed by atoms with van der Waals surface area (Å²) in [5, 5.41) is 3.71. The number of hydrogen-bond acceptors (Lipinski definition) is 8. The maximum Gasteiger partial charge on any atom is 0.425 e. The van der Waals surface area contributed by atoms with Crippen molar-refractivity contribution in [3.63, 3.8) is 0 Å². The molecule has 1 aliphatic carbocycles. The van der Waals surface area contributed by atoms with E-state index < -0.39 is 60.8 Å². The number of aromatic amines is 2. The van der Waals surface area contributed by atoms with E-state index in [1.807, 2.05) is 62.4 Å². The van der Waals surface area contributed by atoms with Gasteiger partial charge in [-0.15, -0.1) is 0 Å². The number of ether oxygens (including phenoxy) is 2. The summed E-state index contributed by atoms with van der Waals surface area (Å²) in [6, 6.07) is 14.3. The molecule has 0 spiro atoms. The molecule has 298 valence electrons. The second kappa shape index (κ2) is 16.5. The van der Waals surface area contributed by atoms with Crippen molar-refractivity contribution in [3.8, 4) is 33.6 Å². The van der Waals surface area contributed by atoms with Crippen LogP contribution in [-0.4, -0.2) is 92.6 Å². The van der Waals surface area contributed by atoms with E-state index in [1.54, 1.807) is 31.1 Å². The minimum atomic E-state index is -3.08. The Morgan fingerprint density at radius 1 is 0.821 bits per heavy atom. The number of H-pyrrole nitrogens is 2. The predicted molar refractivity (Wildman–Crippen MR) is 203 cm³/mol. The second-order valence-electron chi connectivity index (χ2n) is 14.9. The van der Waals surface area contributed by atoms with Crippen molar-refractivity contribution >= 4 is 24.0 Å². The third kappa shape index (κ3) is 8.53. The first-order valence-electron chi connectivity index (χ1n) is 18.7. The van der Waals surface area contributed by atoms with Crippen molar-refractivity contribution in [2.75, 3.05) is 20.8 Å². The Morgan fingerprint density at radius 3 is 1.89 bits per heavy atom. The molecule has 2 aliphatic rings. The molecule has 1 saturated heterocycles. The summed E-state index contributed by atoms with van der Waals surface area (Å²) in [5.41, 5.74) is 7.42. The number of benzene rings is 2. The van der Waals surface area contributed by atoms with E-state index in [1.165, 1.54) is 7.11 Å². The van der Waals surface area contributed by atoms with Gasteiger partial charge >= 0.3 is 12.2 Å². The van der Waals surface area contributed by atoms with E-state index in [0.717, 1.165) is 52.9 Å². The number of rotatable bonds is 10. The fraction of sp³-hybridized carbons (Fsp3) is 0.450. The highest BCUT2D eigenvalue weighted by atomic mass is 19.3. The zero-order valence-corrected chi connectivity index (χ0v) is 32.3. The van der Waals surface area contributed by atoms with Crippen molar-refractivity contribution in [1.29, 1.82) is 0 Å². The van der Waals surface area contributed by atoms with E-state index in [-0.39, 0.29) is 23.7 Å². The predicted octanol–water partition coefficient (Wildman–Crippen LogP) is 6.81. The Bertz CT molecular complexity index is 2030. The number of carbonyl (C=O) groups excluding carboxylic acids is 4. The van der Waals surface area contributed by atoms with Gasteiger partial charge in [0.25, 0.3) is 0 Å². The van der Waals surface area contributed by atoms with Crippen molar-refractivity contribution in [2.24, 2.45) is 11.8 Å². The van der Waals surface area contributed by atoms with Crippen LogP contribution in [-0.2, 0) is 19.1 Å². The molecule has 6 rings (SSSR count). The zero-order valence-electron chi connectivity index (χ0n) is 32.3. The molecule has 0 radical (unpaired) electrons. The van der Waals surface area contributed by atoms with E-state index in [2.05, 4.69) is 35.4 Å². The molecule has 1 aliphatic heterocycles. The number of hydrazine groups is 1. The number of imidazole rings is 2. The average molecular weight is 775 g/mol. The lowest BCUT2D eigenvalue weighted by Gasteiger charge is -2.30. The number of hydrogen-bond donors (Lipinski definition) is 4. The van der Waals surface area contributed by atoms with E-state index in [4.69, 9.17) is 4.74 Å². The maximum absolute atomic E-state index is 14.8. The van der Waals surface area contributed by atoms with Gasteiger partial charge in [0, 0.05) is 31.3 Å². The number of likely N-dealkylation sites (tertiary alicyclic amines) is 1. The van der Waals surface area contributed by atoms with Crippen molar-refractivity contribution in [1.82, 2.24) is 40.6 Å². The number of nitrogens with zero attached hydrogens (tertiary/aromatic N) is 4. The molecule has 4 N–H and O–H groups in total. The number of carbonyl (C=O) groups is 4. The molecule has 56 heavy (non-hydrogen) atoms. The van der Waals surface area contributed by atoms with Crippen LogP contribution in [0.5, 0.6) is 0 Å². The number of alkyl halides is 2. The fourth-order valence-electron chi connectivity index (χ4n) is 7.52. The van der Waals surface area contributed by atoms with Crippen LogP contribution in [0.25, 0.3) is 33.6 Å². The molecule has 3 heterocycles. The monoisotopic (exact) mass is 774 g/mol. The van der Waals surface area contributed by atoms with Gasteiger partial charge < -0.3 is 29.7 Å². The van der Waals surface area contributed by atoms with E-state index in [9.17, 15) is 28.0 Å². The van der Waals surface area contributed by atoms with Crippen molar-refractivity contribution in [3.05, 3.63) is 72.6 Å². The number of halogens is 2. The van der Waals surface area contributed by atoms with Gasteiger partial charge in [0.1, 0.15) is 17.7 Å². The first kappa shape index (κ1) is 39.9. The Hall–Kier alpha value is -5.80. The van der Waals surface area contributed by atoms with Gasteiger partial charge in [-0.1, -0.05) is 62.4 Å². The Kier molecular flexibility index (Phi) is 11.8. The van der Waals surface area contributed by atoms with Crippen LogP contribution >= 0.6 is 0 Å². The van der Waals surface area contributed by atoms with Crippen LogP contribution in [0.1, 0.15) is 77.0 Å². The van der Waals surface area contributed by atoms with Gasteiger partial charge in [-0.25, -0.2) is 38.8 Å². The van der Waals surface area contributed by atoms with E-state index in [0.29, 0.717) is 18.1 Å². The van der Waals surface area contributed by atoms with Crippen molar-refractivity contribution in [2.45, 2.75) is 83.3 Å². The summed E-state index contributed by atoms with van der Waals surface area (Å²) in [5.74, 6) is -5.04. The number of alkyl carbamates (subject to hydrolysis) is 1. The van der Waals surface area contributed by atoms with Gasteiger partial charge in [0.2, 0.25) is 17.7 Å². The summed E-state index contributed by atoms with van der Waals surface area (Å²) in [4.78, 5) is 68.2. The van der Waals surface area contributed by atoms with Crippen molar-refractivity contribution < 1.29 is 37.4 Å². The fourth-order valence-corrected chi connectivity index (χ4v) is 7.52. The summed E-state index contributed by atoms with van der Waals surface area (Å²) < 4.78 is 38.9. The molecule has 4 amide bonds. The normalized spacial score (nSPS) is 19.5. The molecule has 2 fully saturated rings. The zero-order chi connectivity index (χ0) is 40.3. The lowest BCUT2D eigenvalue weighted by atomic mass is 9.94. The molecule has 1 saturated carbocycles. The highest BCUT2D eigenvalue weighted by molar-refractivity contribution is 5.86. The first-order valence-corrected chi connectivity index (χ1v) is 18.7. The van der Waals surface area contributed by atoms with Crippen LogP contribution in [0.2, 0.25) is 0 Å². The first-order chi connectivity index (χ1) is 26.7. The molecule has 0 bridgehead atoms. The molecule has 14 nitrogen and oxygen atoms in total. The number of amides is 4. The topological polar surface area (TPSA) is 175 Å². The minimum Gasteiger partial charge on any atom is -0.453 e. The molecule has 2 aromatic heterocycles. The summed E-state index contributed by atoms with van der Waals surface area (Å²) >= 11 is 0. The molecule has 16 heteroatoms. The standard InChI is InChI=1S/C40H48F2N8O6/c1-22(2)33(47-38(53)55-5)37(52)49-17-7-8-32(49)35-44-21-31(46-35)27-15-11-25(12-16-27)24-9-13-26(14-10-24)30-20-43-34(45-30)28-18-40(41,42)19-29(28)36(51)50(23(3)4)48-39(54)56-6/h9-16,20-23,28-29,32-33H,7-8,17-19H2,1-6H3,(H,43,45)(H,44,46)(H,47,53)(H,48,54)/t28-,29+,32-,33-/m0/s1. The molecule has 2 aromatic carbocycles. The smallest absolute Gasteiger partial charge is 0.425 e. The van der Waals surface area contributed by atoms with E-state index >= 15 is 0 Å². The van der Waals surface area contributed by atoms with Gasteiger partial charge in [-0.05, 0) is 54.9 Å². The highest BCUT2D eigenvalue weighted by Crippen LogP contribution is 2.48. The van der Waals surface area contributed by atoms with Gasteiger partial charge in [-0.3, -0.25) is 9.59 Å². The number of nitrogens with one attached hydrogen (secondary N) is 4. The van der Waals surface area contributed by atoms with Crippen LogP contribution in [0.15, 0.2) is 60.9 Å². The molecular weight excluding hydrogens is 726 g/mol. The number of methoxy groups -OCH3 is 2. The van der Waals surface area contributed by atoms with Crippen LogP contribution in [0.3, 0.4) is 0 Å².